The Morgan fingerprint density at radius 3 is 2.57 bits per heavy atom. The van der Waals surface area contributed by atoms with E-state index in [2.05, 4.69) is 40.5 Å². The monoisotopic (exact) mass is 634 g/mol. The molecule has 240 valence electrons. The molecule has 2 aromatic heterocycles. The standard InChI is InChI=1S/C34H34F4N6O2/c1-3-20(2)25-7-5-4-6-21(25)12-14-39-32(45)29-17-30(22-8-9-22)44-31(41-29)18-28(42-44)26-11-10-24(16-27(26)35)43-15-13-23(19-43)40-33(46)34(36,37)38/h3-7,10-11,16-18,22-23H,8-9,12-15,19H2,1-2H3,(H,39,45)(H,40,46)/b20-3-/t23-/m0/s1. The number of carbonyl (C=O) groups excluding carboxylic acids is 2. The van der Waals surface area contributed by atoms with Crippen molar-refractivity contribution in [2.45, 2.75) is 57.7 Å². The highest BCUT2D eigenvalue weighted by Gasteiger charge is 2.40. The minimum atomic E-state index is -4.95. The van der Waals surface area contributed by atoms with E-state index in [1.165, 1.54) is 11.6 Å². The fraction of sp³-hybridized carbons (Fsp3) is 0.353. The number of allylic oxidation sites excluding steroid dienone is 2. The molecule has 3 heterocycles. The van der Waals surface area contributed by atoms with Gasteiger partial charge in [-0.15, -0.1) is 0 Å². The third kappa shape index (κ3) is 6.61. The van der Waals surface area contributed by atoms with E-state index in [0.717, 1.165) is 29.7 Å². The topological polar surface area (TPSA) is 91.6 Å². The first-order valence-electron chi connectivity index (χ1n) is 15.3. The van der Waals surface area contributed by atoms with E-state index < -0.39 is 23.9 Å². The normalized spacial score (nSPS) is 17.0. The smallest absolute Gasteiger partial charge is 0.369 e. The van der Waals surface area contributed by atoms with Gasteiger partial charge >= 0.3 is 12.1 Å². The fourth-order valence-electron chi connectivity index (χ4n) is 5.88. The van der Waals surface area contributed by atoms with Gasteiger partial charge in [-0.2, -0.15) is 18.3 Å². The lowest BCUT2D eigenvalue weighted by atomic mass is 9.98. The molecule has 0 unspecified atom stereocenters. The van der Waals surface area contributed by atoms with Crippen LogP contribution in [0.1, 0.15) is 66.3 Å². The molecule has 0 spiro atoms. The Kier molecular flexibility index (Phi) is 8.54. The van der Waals surface area contributed by atoms with Crippen molar-refractivity contribution in [2.75, 3.05) is 24.5 Å². The van der Waals surface area contributed by atoms with Gasteiger partial charge in [-0.3, -0.25) is 9.59 Å². The van der Waals surface area contributed by atoms with Crippen molar-refractivity contribution in [1.82, 2.24) is 25.2 Å². The van der Waals surface area contributed by atoms with Crippen LogP contribution in [0.5, 0.6) is 0 Å². The lowest BCUT2D eigenvalue weighted by Gasteiger charge is -2.20. The number of fused-ring (bicyclic) bond motifs is 1. The average molecular weight is 635 g/mol. The van der Waals surface area contributed by atoms with E-state index in [4.69, 9.17) is 0 Å². The average Bonchev–Trinajstić information content (AvgIpc) is 3.62. The van der Waals surface area contributed by atoms with Crippen LogP contribution in [0.25, 0.3) is 22.5 Å². The zero-order valence-electron chi connectivity index (χ0n) is 25.5. The van der Waals surface area contributed by atoms with Crippen LogP contribution in [0.15, 0.2) is 60.7 Å². The number of nitrogens with one attached hydrogen (secondary N) is 2. The summed E-state index contributed by atoms with van der Waals surface area (Å²) in [4.78, 5) is 30.8. The molecule has 0 bridgehead atoms. The van der Waals surface area contributed by atoms with E-state index in [-0.39, 0.29) is 29.6 Å². The molecule has 0 radical (unpaired) electrons. The third-order valence-corrected chi connectivity index (χ3v) is 8.61. The van der Waals surface area contributed by atoms with Crippen molar-refractivity contribution in [3.63, 3.8) is 0 Å². The third-order valence-electron chi connectivity index (χ3n) is 8.61. The summed E-state index contributed by atoms with van der Waals surface area (Å²) in [7, 11) is 0. The van der Waals surface area contributed by atoms with E-state index in [9.17, 15) is 22.8 Å². The fourth-order valence-corrected chi connectivity index (χ4v) is 5.88. The van der Waals surface area contributed by atoms with E-state index in [1.807, 2.05) is 24.4 Å². The van der Waals surface area contributed by atoms with Crippen LogP contribution in [0.4, 0.5) is 23.2 Å². The molecule has 12 heteroatoms. The minimum absolute atomic E-state index is 0.135. The Labute approximate surface area is 263 Å². The molecule has 1 saturated carbocycles. The molecule has 4 aromatic rings. The molecule has 1 aliphatic heterocycles. The highest BCUT2D eigenvalue weighted by Crippen LogP contribution is 2.40. The Morgan fingerprint density at radius 1 is 1.07 bits per heavy atom. The predicted octanol–water partition coefficient (Wildman–Crippen LogP) is 6.07. The van der Waals surface area contributed by atoms with Gasteiger partial charge in [0.25, 0.3) is 5.91 Å². The number of benzene rings is 2. The maximum atomic E-state index is 15.5. The lowest BCUT2D eigenvalue weighted by molar-refractivity contribution is -0.174. The van der Waals surface area contributed by atoms with Gasteiger partial charge in [0, 0.05) is 54.6 Å². The summed E-state index contributed by atoms with van der Waals surface area (Å²) in [5.74, 6) is -2.59. The molecule has 8 nitrogen and oxygen atoms in total. The van der Waals surface area contributed by atoms with Crippen molar-refractivity contribution in [1.29, 1.82) is 0 Å². The molecule has 1 aliphatic carbocycles. The van der Waals surface area contributed by atoms with Gasteiger partial charge in [0.1, 0.15) is 11.5 Å². The summed E-state index contributed by atoms with van der Waals surface area (Å²) in [6.07, 6.45) is 0.00112. The first kappa shape index (κ1) is 31.3. The SMILES string of the molecule is C/C=C(/C)c1ccccc1CCNC(=O)c1cc(C2CC2)n2nc(-c3ccc(N4CC[C@H](NC(=O)C(F)(F)F)C4)cc3F)cc2n1. The number of nitrogens with zero attached hydrogens (tertiary/aromatic N) is 4. The largest absolute Gasteiger partial charge is 0.471 e. The molecule has 2 aromatic carbocycles. The minimum Gasteiger partial charge on any atom is -0.369 e. The van der Waals surface area contributed by atoms with Gasteiger partial charge < -0.3 is 15.5 Å². The number of halogens is 4. The van der Waals surface area contributed by atoms with E-state index in [1.54, 1.807) is 33.7 Å². The second kappa shape index (κ2) is 12.6. The van der Waals surface area contributed by atoms with Crippen LogP contribution in [-0.4, -0.2) is 58.3 Å². The molecular weight excluding hydrogens is 600 g/mol. The summed E-state index contributed by atoms with van der Waals surface area (Å²) < 4.78 is 55.0. The maximum absolute atomic E-state index is 15.5. The highest BCUT2D eigenvalue weighted by atomic mass is 19.4. The summed E-state index contributed by atoms with van der Waals surface area (Å²) in [5.41, 5.74) is 6.10. The lowest BCUT2D eigenvalue weighted by Crippen LogP contribution is -2.44. The Hall–Kier alpha value is -4.74. The molecule has 2 aliphatic rings. The molecule has 1 atom stereocenters. The number of alkyl halides is 3. The van der Waals surface area contributed by atoms with Crippen molar-refractivity contribution in [3.05, 3.63) is 89.0 Å². The summed E-state index contributed by atoms with van der Waals surface area (Å²) >= 11 is 0. The predicted molar refractivity (Wildman–Crippen MR) is 167 cm³/mol. The number of rotatable bonds is 9. The summed E-state index contributed by atoms with van der Waals surface area (Å²) in [5, 5.41) is 9.63. The quantitative estimate of drug-likeness (QED) is 0.218. The molecule has 2 amide bonds. The van der Waals surface area contributed by atoms with Gasteiger partial charge in [-0.05, 0) is 80.5 Å². The van der Waals surface area contributed by atoms with Crippen LogP contribution in [-0.2, 0) is 11.2 Å². The van der Waals surface area contributed by atoms with Crippen molar-refractivity contribution >= 4 is 28.7 Å². The second-order valence-corrected chi connectivity index (χ2v) is 11.8. The first-order chi connectivity index (χ1) is 22.0. The van der Waals surface area contributed by atoms with E-state index >= 15 is 4.39 Å². The van der Waals surface area contributed by atoms with E-state index in [0.29, 0.717) is 43.0 Å². The van der Waals surface area contributed by atoms with Gasteiger partial charge in [-0.25, -0.2) is 13.9 Å². The molecule has 6 rings (SSSR count). The zero-order chi connectivity index (χ0) is 32.6. The number of aromatic nitrogens is 3. The Morgan fingerprint density at radius 2 is 1.85 bits per heavy atom. The van der Waals surface area contributed by atoms with Gasteiger partial charge in [0.05, 0.1) is 5.69 Å². The Balaban J connectivity index is 1.18. The molecule has 2 N–H and O–H groups in total. The number of carbonyl (C=O) groups is 2. The maximum Gasteiger partial charge on any atom is 0.471 e. The first-order valence-corrected chi connectivity index (χ1v) is 15.3. The van der Waals surface area contributed by atoms with Crippen molar-refractivity contribution in [2.24, 2.45) is 0 Å². The second-order valence-electron chi connectivity index (χ2n) is 11.8. The Bertz CT molecular complexity index is 1830. The van der Waals surface area contributed by atoms with Gasteiger partial charge in [-0.1, -0.05) is 30.3 Å². The number of amides is 2. The van der Waals surface area contributed by atoms with Crippen LogP contribution >= 0.6 is 0 Å². The highest BCUT2D eigenvalue weighted by molar-refractivity contribution is 5.93. The van der Waals surface area contributed by atoms with Crippen molar-refractivity contribution < 1.29 is 27.2 Å². The van der Waals surface area contributed by atoms with Crippen molar-refractivity contribution in [3.8, 4) is 11.3 Å². The number of hydrogen-bond acceptors (Lipinski definition) is 5. The van der Waals surface area contributed by atoms with Crippen LogP contribution in [0, 0.1) is 5.82 Å². The van der Waals surface area contributed by atoms with Crippen LogP contribution in [0.2, 0.25) is 0 Å². The summed E-state index contributed by atoms with van der Waals surface area (Å²) in [6.45, 7) is 5.01. The summed E-state index contributed by atoms with van der Waals surface area (Å²) in [6, 6.07) is 15.4. The zero-order valence-corrected chi connectivity index (χ0v) is 25.5. The number of anilines is 1. The number of hydrogen-bond donors (Lipinski definition) is 2. The van der Waals surface area contributed by atoms with Gasteiger partial charge in [0.15, 0.2) is 5.65 Å². The van der Waals surface area contributed by atoms with Crippen LogP contribution < -0.4 is 15.5 Å². The molecule has 1 saturated heterocycles. The van der Waals surface area contributed by atoms with Gasteiger partial charge in [0.2, 0.25) is 0 Å². The molecule has 2 fully saturated rings. The molecular formula is C34H34F4N6O2. The molecule has 46 heavy (non-hydrogen) atoms. The van der Waals surface area contributed by atoms with Crippen LogP contribution in [0.3, 0.4) is 0 Å².